The van der Waals surface area contributed by atoms with E-state index >= 15 is 0 Å². The molecule has 0 atom stereocenters. The number of unbranched alkanes of at least 4 members (excludes halogenated alkanes) is 13. The van der Waals surface area contributed by atoms with Crippen molar-refractivity contribution in [3.05, 3.63) is 12.2 Å². The molecule has 0 fully saturated rings. The van der Waals surface area contributed by atoms with Crippen molar-refractivity contribution in [2.45, 2.75) is 96.8 Å². The number of rotatable bonds is 17. The van der Waals surface area contributed by atoms with Gasteiger partial charge in [0.2, 0.25) is 5.91 Å². The fourth-order valence-electron chi connectivity index (χ4n) is 2.74. The van der Waals surface area contributed by atoms with E-state index in [4.69, 9.17) is 5.11 Å². The molecule has 0 aliphatic carbocycles. The number of carbonyl (C=O) groups excluding carboxylic acids is 1. The van der Waals surface area contributed by atoms with Crippen LogP contribution >= 0.6 is 0 Å². The van der Waals surface area contributed by atoms with Crippen molar-refractivity contribution >= 4 is 11.9 Å². The molecule has 4 nitrogen and oxygen atoms in total. The summed E-state index contributed by atoms with van der Waals surface area (Å²) in [7, 11) is 0. The van der Waals surface area contributed by atoms with Crippen molar-refractivity contribution in [1.29, 1.82) is 0 Å². The molecule has 0 aromatic rings. The van der Waals surface area contributed by atoms with Crippen LogP contribution in [0.3, 0.4) is 0 Å². The van der Waals surface area contributed by atoms with E-state index in [0.29, 0.717) is 6.54 Å². The van der Waals surface area contributed by atoms with Crippen LogP contribution in [0.25, 0.3) is 0 Å². The maximum absolute atomic E-state index is 11.2. The molecule has 0 radical (unpaired) electrons. The molecule has 0 heterocycles. The summed E-state index contributed by atoms with van der Waals surface area (Å²) in [5, 5.41) is 11.1. The molecule has 140 valence electrons. The van der Waals surface area contributed by atoms with Crippen LogP contribution in [0, 0.1) is 0 Å². The molecule has 0 unspecified atom stereocenters. The Morgan fingerprint density at radius 2 is 1.12 bits per heavy atom. The first kappa shape index (κ1) is 22.7. The lowest BCUT2D eigenvalue weighted by Gasteiger charge is -2.04. The van der Waals surface area contributed by atoms with Gasteiger partial charge in [-0.1, -0.05) is 90.4 Å². The zero-order valence-electron chi connectivity index (χ0n) is 15.5. The van der Waals surface area contributed by atoms with Crippen LogP contribution in [-0.4, -0.2) is 23.5 Å². The molecular formula is C20H37NO3. The van der Waals surface area contributed by atoms with Gasteiger partial charge in [-0.2, -0.15) is 0 Å². The third-order valence-corrected chi connectivity index (χ3v) is 4.21. The van der Waals surface area contributed by atoms with E-state index in [9.17, 15) is 9.59 Å². The maximum atomic E-state index is 11.2. The third kappa shape index (κ3) is 18.7. The molecule has 2 N–H and O–H groups in total. The van der Waals surface area contributed by atoms with E-state index in [0.717, 1.165) is 25.0 Å². The van der Waals surface area contributed by atoms with Crippen LogP contribution in [0.1, 0.15) is 96.8 Å². The number of hydrogen-bond acceptors (Lipinski definition) is 2. The van der Waals surface area contributed by atoms with Crippen molar-refractivity contribution in [3.8, 4) is 0 Å². The van der Waals surface area contributed by atoms with Gasteiger partial charge < -0.3 is 10.4 Å². The Bertz CT molecular complexity index is 340. The molecule has 0 aliphatic rings. The highest BCUT2D eigenvalue weighted by molar-refractivity contribution is 5.93. The average Bonchev–Trinajstić information content (AvgIpc) is 2.56. The fraction of sp³-hybridized carbons (Fsp3) is 0.800. The molecule has 0 spiro atoms. The average molecular weight is 340 g/mol. The summed E-state index contributed by atoms with van der Waals surface area (Å²) >= 11 is 0. The van der Waals surface area contributed by atoms with Gasteiger partial charge in [0.25, 0.3) is 0 Å². The van der Waals surface area contributed by atoms with E-state index in [1.54, 1.807) is 0 Å². The summed E-state index contributed by atoms with van der Waals surface area (Å²) in [6.45, 7) is 2.89. The first-order valence-corrected chi connectivity index (χ1v) is 9.85. The monoisotopic (exact) mass is 339 g/mol. The highest BCUT2D eigenvalue weighted by Crippen LogP contribution is 2.12. The molecule has 0 aromatic heterocycles. The second-order valence-corrected chi connectivity index (χ2v) is 6.56. The smallest absolute Gasteiger partial charge is 0.328 e. The largest absolute Gasteiger partial charge is 0.478 e. The van der Waals surface area contributed by atoms with Crippen molar-refractivity contribution in [2.75, 3.05) is 6.54 Å². The molecule has 0 rings (SSSR count). The van der Waals surface area contributed by atoms with E-state index < -0.39 is 5.97 Å². The van der Waals surface area contributed by atoms with Gasteiger partial charge >= 0.3 is 5.97 Å². The van der Waals surface area contributed by atoms with Gasteiger partial charge in [0.1, 0.15) is 0 Å². The molecule has 0 bridgehead atoms. The first-order valence-electron chi connectivity index (χ1n) is 9.85. The van der Waals surface area contributed by atoms with E-state index in [2.05, 4.69) is 12.2 Å². The quantitative estimate of drug-likeness (QED) is 0.282. The number of carboxylic acid groups (broad SMARTS) is 1. The van der Waals surface area contributed by atoms with Gasteiger partial charge in [0.15, 0.2) is 0 Å². The second-order valence-electron chi connectivity index (χ2n) is 6.56. The maximum Gasteiger partial charge on any atom is 0.328 e. The minimum Gasteiger partial charge on any atom is -0.478 e. The molecule has 0 saturated heterocycles. The van der Waals surface area contributed by atoms with E-state index in [1.807, 2.05) is 0 Å². The zero-order valence-corrected chi connectivity index (χ0v) is 15.5. The first-order chi connectivity index (χ1) is 11.7. The molecule has 1 amide bonds. The Balaban J connectivity index is 3.15. The zero-order chi connectivity index (χ0) is 17.9. The topological polar surface area (TPSA) is 66.4 Å². The molecule has 24 heavy (non-hydrogen) atoms. The van der Waals surface area contributed by atoms with Gasteiger partial charge in [0.05, 0.1) is 0 Å². The Morgan fingerprint density at radius 3 is 1.54 bits per heavy atom. The van der Waals surface area contributed by atoms with Crippen molar-refractivity contribution in [2.24, 2.45) is 0 Å². The van der Waals surface area contributed by atoms with Gasteiger partial charge in [0, 0.05) is 18.7 Å². The lowest BCUT2D eigenvalue weighted by atomic mass is 10.0. The Morgan fingerprint density at radius 1 is 0.708 bits per heavy atom. The van der Waals surface area contributed by atoms with Crippen LogP contribution < -0.4 is 5.32 Å². The van der Waals surface area contributed by atoms with Crippen LogP contribution in [0.15, 0.2) is 12.2 Å². The summed E-state index contributed by atoms with van der Waals surface area (Å²) in [5.74, 6) is -1.42. The fourth-order valence-corrected chi connectivity index (χ4v) is 2.74. The lowest BCUT2D eigenvalue weighted by Crippen LogP contribution is -2.22. The molecule has 0 aromatic carbocycles. The van der Waals surface area contributed by atoms with E-state index in [1.165, 1.54) is 77.0 Å². The minimum atomic E-state index is -1.10. The van der Waals surface area contributed by atoms with Crippen molar-refractivity contribution in [3.63, 3.8) is 0 Å². The van der Waals surface area contributed by atoms with Crippen LogP contribution in [0.5, 0.6) is 0 Å². The van der Waals surface area contributed by atoms with Gasteiger partial charge in [-0.05, 0) is 6.42 Å². The Kier molecular flexibility index (Phi) is 17.0. The molecule has 0 saturated carbocycles. The number of carboxylic acids is 1. The summed E-state index contributed by atoms with van der Waals surface area (Å²) in [4.78, 5) is 21.5. The third-order valence-electron chi connectivity index (χ3n) is 4.21. The molecular weight excluding hydrogens is 302 g/mol. The van der Waals surface area contributed by atoms with Crippen LogP contribution in [0.2, 0.25) is 0 Å². The van der Waals surface area contributed by atoms with E-state index in [-0.39, 0.29) is 5.91 Å². The lowest BCUT2D eigenvalue weighted by molar-refractivity contribution is -0.131. The second kappa shape index (κ2) is 18.0. The highest BCUT2D eigenvalue weighted by Gasteiger charge is 1.97. The number of hydrogen-bond donors (Lipinski definition) is 2. The predicted molar refractivity (Wildman–Crippen MR) is 100 cm³/mol. The SMILES string of the molecule is CCCCCCCCCCCCCCCCNC(=O)/C=C/C(=O)O. The van der Waals surface area contributed by atoms with Crippen molar-refractivity contribution < 1.29 is 14.7 Å². The highest BCUT2D eigenvalue weighted by atomic mass is 16.4. The molecule has 0 aliphatic heterocycles. The standard InChI is InChI=1S/C20H37NO3/c1-2-3-4-5-6-7-8-9-10-11-12-13-14-15-18-21-19(22)16-17-20(23)24/h16-17H,2-15,18H2,1H3,(H,21,22)(H,23,24)/b17-16+. The van der Waals surface area contributed by atoms with Gasteiger partial charge in [-0.15, -0.1) is 0 Å². The number of carbonyl (C=O) groups is 2. The van der Waals surface area contributed by atoms with Crippen LogP contribution in [0.4, 0.5) is 0 Å². The number of amides is 1. The number of nitrogens with one attached hydrogen (secondary N) is 1. The predicted octanol–water partition coefficient (Wildman–Crippen LogP) is 5.22. The summed E-state index contributed by atoms with van der Waals surface area (Å²) < 4.78 is 0. The normalized spacial score (nSPS) is 11.0. The molecule has 4 heteroatoms. The summed E-state index contributed by atoms with van der Waals surface area (Å²) in [6, 6.07) is 0. The van der Waals surface area contributed by atoms with Crippen molar-refractivity contribution in [1.82, 2.24) is 5.32 Å². The van der Waals surface area contributed by atoms with Crippen LogP contribution in [-0.2, 0) is 9.59 Å². The Labute approximate surface area is 148 Å². The van der Waals surface area contributed by atoms with Gasteiger partial charge in [-0.25, -0.2) is 4.79 Å². The van der Waals surface area contributed by atoms with Gasteiger partial charge in [-0.3, -0.25) is 4.79 Å². The summed E-state index contributed by atoms with van der Waals surface area (Å²) in [5.41, 5.74) is 0. The minimum absolute atomic E-state index is 0.327. The summed E-state index contributed by atoms with van der Waals surface area (Å²) in [6.07, 6.45) is 20.3. The number of aliphatic carboxylic acids is 1. The Hall–Kier alpha value is -1.32.